The van der Waals surface area contributed by atoms with Gasteiger partial charge in [-0.1, -0.05) is 37.8 Å². The zero-order valence-corrected chi connectivity index (χ0v) is 12.9. The van der Waals surface area contributed by atoms with E-state index in [0.29, 0.717) is 18.7 Å². The van der Waals surface area contributed by atoms with Crippen LogP contribution in [0.1, 0.15) is 60.0 Å². The number of fused-ring (bicyclic) bond motifs is 1. The van der Waals surface area contributed by atoms with Gasteiger partial charge in [-0.3, -0.25) is 4.79 Å². The highest BCUT2D eigenvalue weighted by Crippen LogP contribution is 2.28. The molecule has 0 atom stereocenters. The number of carbonyl (C=O) groups excluding carboxylic acids is 1. The van der Waals surface area contributed by atoms with Crippen LogP contribution >= 0.6 is 0 Å². The van der Waals surface area contributed by atoms with E-state index >= 15 is 0 Å². The first-order valence-corrected chi connectivity index (χ1v) is 8.29. The zero-order valence-electron chi connectivity index (χ0n) is 12.9. The maximum absolute atomic E-state index is 12.8. The van der Waals surface area contributed by atoms with Crippen LogP contribution in [0.3, 0.4) is 0 Å². The van der Waals surface area contributed by atoms with E-state index in [1.165, 1.54) is 12.8 Å². The lowest BCUT2D eigenvalue weighted by atomic mass is 9.92. The molecule has 0 spiro atoms. The van der Waals surface area contributed by atoms with Crippen molar-refractivity contribution in [3.8, 4) is 0 Å². The number of amides is 1. The Balaban J connectivity index is 1.78. The van der Waals surface area contributed by atoms with Crippen LogP contribution in [0.2, 0.25) is 0 Å². The second-order valence-electron chi connectivity index (χ2n) is 6.45. The summed E-state index contributed by atoms with van der Waals surface area (Å²) in [5.41, 5.74) is 2.24. The zero-order chi connectivity index (χ0) is 15.5. The number of hydrogen-bond acceptors (Lipinski definition) is 2. The van der Waals surface area contributed by atoms with Crippen molar-refractivity contribution in [3.63, 3.8) is 0 Å². The van der Waals surface area contributed by atoms with Crippen molar-refractivity contribution < 1.29 is 14.7 Å². The van der Waals surface area contributed by atoms with Crippen molar-refractivity contribution >= 4 is 11.9 Å². The van der Waals surface area contributed by atoms with Crippen LogP contribution in [0.15, 0.2) is 18.2 Å². The third-order valence-corrected chi connectivity index (χ3v) is 5.02. The molecule has 0 radical (unpaired) electrons. The molecule has 1 saturated carbocycles. The minimum Gasteiger partial charge on any atom is -0.478 e. The molecule has 0 bridgehead atoms. The van der Waals surface area contributed by atoms with Gasteiger partial charge in [0.2, 0.25) is 5.91 Å². The van der Waals surface area contributed by atoms with Crippen LogP contribution in [0.25, 0.3) is 0 Å². The Hall–Kier alpha value is -1.84. The summed E-state index contributed by atoms with van der Waals surface area (Å²) in [6.07, 6.45) is 7.48. The number of nitrogens with zero attached hydrogens (tertiary/aromatic N) is 1. The third-order valence-electron chi connectivity index (χ3n) is 5.02. The van der Waals surface area contributed by atoms with Crippen molar-refractivity contribution in [1.29, 1.82) is 0 Å². The number of hydrogen-bond donors (Lipinski definition) is 1. The molecular formula is C18H23NO3. The van der Waals surface area contributed by atoms with E-state index in [2.05, 4.69) is 0 Å². The van der Waals surface area contributed by atoms with E-state index < -0.39 is 5.97 Å². The molecule has 1 aliphatic carbocycles. The molecule has 1 amide bonds. The molecule has 1 aliphatic heterocycles. The number of benzene rings is 1. The van der Waals surface area contributed by atoms with Gasteiger partial charge in [-0.25, -0.2) is 4.79 Å². The predicted molar refractivity (Wildman–Crippen MR) is 83.7 cm³/mol. The quantitative estimate of drug-likeness (QED) is 0.853. The van der Waals surface area contributed by atoms with Crippen molar-refractivity contribution in [3.05, 3.63) is 34.9 Å². The number of carboxylic acids is 1. The molecule has 4 nitrogen and oxygen atoms in total. The maximum atomic E-state index is 12.8. The summed E-state index contributed by atoms with van der Waals surface area (Å²) in [4.78, 5) is 26.0. The highest BCUT2D eigenvalue weighted by atomic mass is 16.4. The number of aromatic carboxylic acids is 1. The molecule has 1 aromatic carbocycles. The normalized spacial score (nSPS) is 19.4. The molecule has 4 heteroatoms. The van der Waals surface area contributed by atoms with Gasteiger partial charge < -0.3 is 10.0 Å². The second-order valence-corrected chi connectivity index (χ2v) is 6.45. The van der Waals surface area contributed by atoms with Crippen LogP contribution in [0.4, 0.5) is 0 Å². The Morgan fingerprint density at radius 3 is 2.50 bits per heavy atom. The summed E-state index contributed by atoms with van der Waals surface area (Å²) in [5.74, 6) is -0.533. The van der Waals surface area contributed by atoms with Gasteiger partial charge in [-0.05, 0) is 36.5 Å². The molecule has 0 saturated heterocycles. The highest BCUT2D eigenvalue weighted by molar-refractivity contribution is 5.90. The summed E-state index contributed by atoms with van der Waals surface area (Å²) in [7, 11) is 0. The summed E-state index contributed by atoms with van der Waals surface area (Å²) in [6, 6.07) is 5.42. The van der Waals surface area contributed by atoms with Gasteiger partial charge in [0, 0.05) is 19.0 Å². The highest BCUT2D eigenvalue weighted by Gasteiger charge is 2.29. The molecule has 118 valence electrons. The fraction of sp³-hybridized carbons (Fsp3) is 0.556. The molecule has 3 rings (SSSR count). The van der Waals surface area contributed by atoms with Gasteiger partial charge in [0.05, 0.1) is 5.56 Å². The first-order valence-electron chi connectivity index (χ1n) is 8.29. The van der Waals surface area contributed by atoms with Gasteiger partial charge in [0.15, 0.2) is 0 Å². The second kappa shape index (κ2) is 6.51. The molecule has 1 aromatic rings. The minimum atomic E-state index is -0.902. The van der Waals surface area contributed by atoms with Crippen LogP contribution in [-0.2, 0) is 17.8 Å². The first-order chi connectivity index (χ1) is 10.7. The maximum Gasteiger partial charge on any atom is 0.336 e. The van der Waals surface area contributed by atoms with Gasteiger partial charge in [-0.15, -0.1) is 0 Å². The lowest BCUT2D eigenvalue weighted by Gasteiger charge is -2.32. The number of rotatable bonds is 2. The SMILES string of the molecule is O=C(O)c1cccc2c1CN(C(=O)C1CCCCCC1)CC2. The summed E-state index contributed by atoms with van der Waals surface area (Å²) in [6.45, 7) is 1.17. The lowest BCUT2D eigenvalue weighted by Crippen LogP contribution is -2.40. The predicted octanol–water partition coefficient (Wildman–Crippen LogP) is 3.24. The molecule has 1 fully saturated rings. The lowest BCUT2D eigenvalue weighted by molar-refractivity contribution is -0.136. The summed E-state index contributed by atoms with van der Waals surface area (Å²) in [5, 5.41) is 9.35. The van der Waals surface area contributed by atoms with E-state index in [1.54, 1.807) is 12.1 Å². The first kappa shape index (κ1) is 15.1. The van der Waals surface area contributed by atoms with Gasteiger partial charge in [0.1, 0.15) is 0 Å². The molecule has 0 aromatic heterocycles. The Bertz CT molecular complexity index is 574. The molecule has 0 unspecified atom stereocenters. The summed E-state index contributed by atoms with van der Waals surface area (Å²) >= 11 is 0. The Labute approximate surface area is 131 Å². The largest absolute Gasteiger partial charge is 0.478 e. The van der Waals surface area contributed by atoms with Crippen molar-refractivity contribution in [1.82, 2.24) is 4.90 Å². The Morgan fingerprint density at radius 1 is 1.09 bits per heavy atom. The van der Waals surface area contributed by atoms with Crippen LogP contribution < -0.4 is 0 Å². The van der Waals surface area contributed by atoms with E-state index in [0.717, 1.165) is 43.2 Å². The Morgan fingerprint density at radius 2 is 1.82 bits per heavy atom. The minimum absolute atomic E-state index is 0.140. The summed E-state index contributed by atoms with van der Waals surface area (Å²) < 4.78 is 0. The van der Waals surface area contributed by atoms with E-state index in [4.69, 9.17) is 0 Å². The smallest absolute Gasteiger partial charge is 0.336 e. The van der Waals surface area contributed by atoms with Crippen molar-refractivity contribution in [2.45, 2.75) is 51.5 Å². The van der Waals surface area contributed by atoms with Crippen molar-refractivity contribution in [2.24, 2.45) is 5.92 Å². The van der Waals surface area contributed by atoms with Gasteiger partial charge >= 0.3 is 5.97 Å². The number of carbonyl (C=O) groups is 2. The average molecular weight is 301 g/mol. The van der Waals surface area contributed by atoms with E-state index in [1.807, 2.05) is 11.0 Å². The van der Waals surface area contributed by atoms with Gasteiger partial charge in [0.25, 0.3) is 0 Å². The molecular weight excluding hydrogens is 278 g/mol. The molecule has 1 heterocycles. The standard InChI is InChI=1S/C18H23NO3/c20-17(14-6-3-1-2-4-7-14)19-11-10-13-8-5-9-15(18(21)22)16(13)12-19/h5,8-9,14H,1-4,6-7,10-12H2,(H,21,22). The molecule has 2 aliphatic rings. The molecule has 1 N–H and O–H groups in total. The fourth-order valence-corrected chi connectivity index (χ4v) is 3.75. The topological polar surface area (TPSA) is 57.6 Å². The van der Waals surface area contributed by atoms with Crippen LogP contribution in [-0.4, -0.2) is 28.4 Å². The van der Waals surface area contributed by atoms with Gasteiger partial charge in [-0.2, -0.15) is 0 Å². The van der Waals surface area contributed by atoms with Crippen LogP contribution in [0, 0.1) is 5.92 Å². The monoisotopic (exact) mass is 301 g/mol. The number of carboxylic acid groups (broad SMARTS) is 1. The Kier molecular flexibility index (Phi) is 4.46. The molecule has 22 heavy (non-hydrogen) atoms. The van der Waals surface area contributed by atoms with E-state index in [9.17, 15) is 14.7 Å². The fourth-order valence-electron chi connectivity index (χ4n) is 3.75. The third kappa shape index (κ3) is 3.01. The van der Waals surface area contributed by atoms with E-state index in [-0.39, 0.29) is 11.8 Å². The van der Waals surface area contributed by atoms with Crippen molar-refractivity contribution in [2.75, 3.05) is 6.54 Å². The average Bonchev–Trinajstić information content (AvgIpc) is 2.82. The van der Waals surface area contributed by atoms with Crippen LogP contribution in [0.5, 0.6) is 0 Å².